The monoisotopic (exact) mass is 492 g/mol. The highest BCUT2D eigenvalue weighted by Gasteiger charge is 2.26. The number of hydrogen-bond acceptors (Lipinski definition) is 6. The van der Waals surface area contributed by atoms with Crippen molar-refractivity contribution in [3.8, 4) is 0 Å². The minimum absolute atomic E-state index is 0.00439. The summed E-state index contributed by atoms with van der Waals surface area (Å²) in [5, 5.41) is 18.5. The molecule has 1 aromatic rings. The summed E-state index contributed by atoms with van der Waals surface area (Å²) < 4.78 is 19.8. The number of likely N-dealkylation sites (tertiary alicyclic amines) is 1. The van der Waals surface area contributed by atoms with Crippen molar-refractivity contribution in [2.75, 3.05) is 25.0 Å². The van der Waals surface area contributed by atoms with Gasteiger partial charge in [0.05, 0.1) is 23.6 Å². The van der Waals surface area contributed by atoms with E-state index in [1.165, 1.54) is 6.07 Å². The molecule has 1 atom stereocenters. The molecular formula is C25H37FN4O5. The van der Waals surface area contributed by atoms with Crippen LogP contribution in [0, 0.1) is 5.82 Å². The van der Waals surface area contributed by atoms with E-state index in [0.717, 1.165) is 49.8 Å². The standard InChI is InChI=1S/C25H37FN4O5/c1-16(2)34-25(33)30-12-10-21(11-13-30)35-29-20-7-4-18(5-8-20)19-6-9-23(22(26)14-19)28-24(32)27-15-17(3)31/h6,9,14,16-18,21,31H,4-5,7-8,10-13,15H2,1-3H3,(H2,27,28,32). The molecule has 1 unspecified atom stereocenters. The van der Waals surface area contributed by atoms with Crippen LogP contribution in [0.3, 0.4) is 0 Å². The molecule has 3 N–H and O–H groups in total. The number of urea groups is 1. The van der Waals surface area contributed by atoms with Crippen LogP contribution in [0.25, 0.3) is 0 Å². The summed E-state index contributed by atoms with van der Waals surface area (Å²) in [6.45, 7) is 6.52. The highest BCUT2D eigenvalue weighted by atomic mass is 19.1. The fourth-order valence-electron chi connectivity index (χ4n) is 4.24. The molecule has 3 amide bonds. The Morgan fingerprint density at radius 3 is 2.46 bits per heavy atom. The first kappa shape index (κ1) is 26.7. The molecule has 194 valence electrons. The maximum absolute atomic E-state index is 14.5. The van der Waals surface area contributed by atoms with Gasteiger partial charge in [-0.1, -0.05) is 11.2 Å². The summed E-state index contributed by atoms with van der Waals surface area (Å²) in [6, 6.07) is 4.33. The lowest BCUT2D eigenvalue weighted by molar-refractivity contribution is 0.00403. The maximum Gasteiger partial charge on any atom is 0.410 e. The van der Waals surface area contributed by atoms with E-state index in [1.807, 2.05) is 19.9 Å². The number of benzene rings is 1. The van der Waals surface area contributed by atoms with Gasteiger partial charge in [-0.15, -0.1) is 0 Å². The second kappa shape index (κ2) is 12.7. The fraction of sp³-hybridized carbons (Fsp3) is 0.640. The Bertz CT molecular complexity index is 890. The van der Waals surface area contributed by atoms with E-state index in [9.17, 15) is 19.1 Å². The van der Waals surface area contributed by atoms with Crippen molar-refractivity contribution in [3.63, 3.8) is 0 Å². The van der Waals surface area contributed by atoms with E-state index in [1.54, 1.807) is 17.9 Å². The Hall–Kier alpha value is -2.88. The Balaban J connectivity index is 1.42. The van der Waals surface area contributed by atoms with Gasteiger partial charge < -0.3 is 30.2 Å². The molecule has 1 aliphatic carbocycles. The van der Waals surface area contributed by atoms with Crippen LogP contribution < -0.4 is 10.6 Å². The fourth-order valence-corrected chi connectivity index (χ4v) is 4.24. The summed E-state index contributed by atoms with van der Waals surface area (Å²) in [5.41, 5.74) is 2.02. The zero-order valence-corrected chi connectivity index (χ0v) is 20.8. The topological polar surface area (TPSA) is 112 Å². The minimum atomic E-state index is -0.675. The van der Waals surface area contributed by atoms with E-state index < -0.39 is 18.0 Å². The molecule has 9 nitrogen and oxygen atoms in total. The van der Waals surface area contributed by atoms with Crippen LogP contribution in [-0.2, 0) is 9.57 Å². The molecule has 10 heteroatoms. The second-order valence-electron chi connectivity index (χ2n) is 9.58. The molecule has 1 aromatic carbocycles. The SMILES string of the molecule is CC(O)CNC(=O)Nc1ccc(C2CCC(=NOC3CCN(C(=O)OC(C)C)CC3)CC2)cc1F. The molecule has 35 heavy (non-hydrogen) atoms. The summed E-state index contributed by atoms with van der Waals surface area (Å²) in [4.78, 5) is 31.3. The summed E-state index contributed by atoms with van der Waals surface area (Å²) in [5.74, 6) is -0.266. The van der Waals surface area contributed by atoms with Gasteiger partial charge in [-0.2, -0.15) is 0 Å². The maximum atomic E-state index is 14.5. The third-order valence-corrected chi connectivity index (χ3v) is 6.20. The highest BCUT2D eigenvalue weighted by Crippen LogP contribution is 2.33. The van der Waals surface area contributed by atoms with Crippen LogP contribution in [0.15, 0.2) is 23.4 Å². The van der Waals surface area contributed by atoms with Gasteiger partial charge in [0.25, 0.3) is 0 Å². The van der Waals surface area contributed by atoms with Gasteiger partial charge in [-0.3, -0.25) is 0 Å². The van der Waals surface area contributed by atoms with Crippen LogP contribution in [-0.4, -0.2) is 65.8 Å². The Labute approximate surface area is 206 Å². The first-order chi connectivity index (χ1) is 16.7. The van der Waals surface area contributed by atoms with Crippen molar-refractivity contribution in [2.45, 2.75) is 83.5 Å². The lowest BCUT2D eigenvalue weighted by Crippen LogP contribution is -2.41. The predicted octanol–water partition coefficient (Wildman–Crippen LogP) is 4.37. The average molecular weight is 493 g/mol. The lowest BCUT2D eigenvalue weighted by atomic mass is 9.83. The molecule has 1 heterocycles. The predicted molar refractivity (Wildman–Crippen MR) is 131 cm³/mol. The number of piperidine rings is 1. The number of anilines is 1. The number of rotatable bonds is 7. The van der Waals surface area contributed by atoms with Gasteiger partial charge in [-0.05, 0) is 70.1 Å². The van der Waals surface area contributed by atoms with E-state index in [4.69, 9.17) is 9.57 Å². The number of oxime groups is 1. The quantitative estimate of drug-likeness (QED) is 0.490. The largest absolute Gasteiger partial charge is 0.447 e. The number of carbonyl (C=O) groups is 2. The number of halogens is 1. The number of amides is 3. The van der Waals surface area contributed by atoms with Gasteiger partial charge >= 0.3 is 12.1 Å². The second-order valence-corrected chi connectivity index (χ2v) is 9.58. The molecular weight excluding hydrogens is 455 g/mol. The number of carbonyl (C=O) groups excluding carboxylic acids is 2. The van der Waals surface area contributed by atoms with E-state index in [0.29, 0.717) is 13.1 Å². The van der Waals surface area contributed by atoms with Gasteiger partial charge in [0, 0.05) is 32.5 Å². The number of aliphatic hydroxyl groups is 1. The van der Waals surface area contributed by atoms with Crippen molar-refractivity contribution in [1.82, 2.24) is 10.2 Å². The number of hydrogen-bond donors (Lipinski definition) is 3. The van der Waals surface area contributed by atoms with Crippen LogP contribution in [0.4, 0.5) is 19.7 Å². The summed E-state index contributed by atoms with van der Waals surface area (Å²) in [6.07, 6.45) is 3.64. The van der Waals surface area contributed by atoms with E-state index in [2.05, 4.69) is 15.8 Å². The lowest BCUT2D eigenvalue weighted by Gasteiger charge is -2.31. The number of nitrogens with one attached hydrogen (secondary N) is 2. The summed E-state index contributed by atoms with van der Waals surface area (Å²) in [7, 11) is 0. The minimum Gasteiger partial charge on any atom is -0.447 e. The number of nitrogens with zero attached hydrogens (tertiary/aromatic N) is 2. The van der Waals surface area contributed by atoms with Crippen LogP contribution in [0.1, 0.15) is 70.8 Å². The van der Waals surface area contributed by atoms with Gasteiger partial charge in [0.15, 0.2) is 0 Å². The van der Waals surface area contributed by atoms with Crippen molar-refractivity contribution in [1.29, 1.82) is 0 Å². The molecule has 1 aliphatic heterocycles. The van der Waals surface area contributed by atoms with Crippen molar-refractivity contribution >= 4 is 23.5 Å². The Kier molecular flexibility index (Phi) is 9.71. The molecule has 2 aliphatic rings. The third-order valence-electron chi connectivity index (χ3n) is 6.20. The van der Waals surface area contributed by atoms with E-state index >= 15 is 0 Å². The zero-order chi connectivity index (χ0) is 25.4. The van der Waals surface area contributed by atoms with Gasteiger partial charge in [-0.25, -0.2) is 14.0 Å². The number of ether oxygens (including phenoxy) is 1. The molecule has 1 saturated carbocycles. The molecule has 3 rings (SSSR count). The van der Waals surface area contributed by atoms with Crippen LogP contribution in [0.5, 0.6) is 0 Å². The molecule has 0 bridgehead atoms. The Morgan fingerprint density at radius 1 is 1.17 bits per heavy atom. The molecule has 0 aromatic heterocycles. The third kappa shape index (κ3) is 8.38. The van der Waals surface area contributed by atoms with Crippen molar-refractivity contribution in [3.05, 3.63) is 29.6 Å². The molecule has 0 radical (unpaired) electrons. The highest BCUT2D eigenvalue weighted by molar-refractivity contribution is 5.89. The van der Waals surface area contributed by atoms with Crippen molar-refractivity contribution in [2.24, 2.45) is 5.16 Å². The van der Waals surface area contributed by atoms with Gasteiger partial charge in [0.2, 0.25) is 0 Å². The Morgan fingerprint density at radius 2 is 1.86 bits per heavy atom. The zero-order valence-electron chi connectivity index (χ0n) is 20.8. The van der Waals surface area contributed by atoms with Crippen LogP contribution >= 0.6 is 0 Å². The smallest absolute Gasteiger partial charge is 0.410 e. The van der Waals surface area contributed by atoms with E-state index in [-0.39, 0.29) is 36.5 Å². The van der Waals surface area contributed by atoms with Gasteiger partial charge in [0.1, 0.15) is 11.9 Å². The molecule has 2 fully saturated rings. The first-order valence-corrected chi connectivity index (χ1v) is 12.4. The average Bonchev–Trinajstić information content (AvgIpc) is 2.83. The normalized spacial score (nSPS) is 19.8. The van der Waals surface area contributed by atoms with Crippen LogP contribution in [0.2, 0.25) is 0 Å². The molecule has 0 spiro atoms. The first-order valence-electron chi connectivity index (χ1n) is 12.4. The van der Waals surface area contributed by atoms with Crippen molar-refractivity contribution < 1.29 is 28.7 Å². The number of aliphatic hydroxyl groups excluding tert-OH is 1. The summed E-state index contributed by atoms with van der Waals surface area (Å²) >= 11 is 0. The molecule has 1 saturated heterocycles.